The fourth-order valence-corrected chi connectivity index (χ4v) is 12.4. The second-order valence-electron chi connectivity index (χ2n) is 19.6. The lowest BCUT2D eigenvalue weighted by molar-refractivity contribution is -0.333. The number of allylic oxidation sites excluding steroid dienone is 1. The second-order valence-corrected chi connectivity index (χ2v) is 19.6. The Hall–Kier alpha value is -2.58. The fourth-order valence-electron chi connectivity index (χ4n) is 12.4. The predicted octanol–water partition coefficient (Wildman–Crippen LogP) is 6.76. The van der Waals surface area contributed by atoms with E-state index >= 15 is 0 Å². The van der Waals surface area contributed by atoms with Crippen molar-refractivity contribution >= 4 is 11.9 Å². The first-order valence-corrected chi connectivity index (χ1v) is 22.4. The van der Waals surface area contributed by atoms with Crippen LogP contribution in [0.4, 0.5) is 0 Å². The van der Waals surface area contributed by atoms with E-state index in [0.29, 0.717) is 17.1 Å². The standard InChI is InChI=1S/C47H70O12/c1-26(2)9-8-10-27(3)34-17-18-35-33-16-13-30-23-32(19-21-46(30,5)36(33)20-22-47(34,35)6)57-44-42(56-28(4)48)40(51)38(25-55-44)58-45-41(39(50)37(49)24-54-45)59-43(52)29-11-14-31(53-7)15-12-29/h11-15,26-27,32-42,44-45,49-51H,8-10,16-25H2,1-7H3/t27-,32+,33+,34-,35+,36+,37-,38+,39+,40+,41-,42-,44+,45+,46+,47-/m1/s1. The van der Waals surface area contributed by atoms with Crippen LogP contribution >= 0.6 is 0 Å². The van der Waals surface area contributed by atoms with E-state index in [1.165, 1.54) is 76.7 Å². The van der Waals surface area contributed by atoms with Crippen molar-refractivity contribution in [3.63, 3.8) is 0 Å². The van der Waals surface area contributed by atoms with E-state index in [1.807, 2.05) is 0 Å². The number of esters is 2. The van der Waals surface area contributed by atoms with Gasteiger partial charge in [-0.1, -0.05) is 65.5 Å². The molecule has 3 saturated carbocycles. The summed E-state index contributed by atoms with van der Waals surface area (Å²) < 4.78 is 40.9. The number of rotatable bonds is 13. The van der Waals surface area contributed by atoms with E-state index in [1.54, 1.807) is 12.1 Å². The van der Waals surface area contributed by atoms with E-state index in [0.717, 1.165) is 55.3 Å². The lowest BCUT2D eigenvalue weighted by Crippen LogP contribution is -2.61. The molecule has 0 aromatic heterocycles. The molecule has 5 fully saturated rings. The maximum atomic E-state index is 13.1. The molecule has 16 atom stereocenters. The number of carbonyl (C=O) groups excluding carboxylic acids is 2. The van der Waals surface area contributed by atoms with Gasteiger partial charge in [0.1, 0.15) is 30.2 Å². The van der Waals surface area contributed by atoms with Crippen LogP contribution in [0, 0.1) is 46.3 Å². The molecule has 1 aromatic carbocycles. The Morgan fingerprint density at radius 1 is 0.847 bits per heavy atom. The van der Waals surface area contributed by atoms with Gasteiger partial charge in [0.05, 0.1) is 32.0 Å². The molecule has 0 radical (unpaired) electrons. The van der Waals surface area contributed by atoms with Crippen LogP contribution in [0.3, 0.4) is 0 Å². The van der Waals surface area contributed by atoms with E-state index in [-0.39, 0.29) is 30.3 Å². The van der Waals surface area contributed by atoms with Crippen molar-refractivity contribution in [2.75, 3.05) is 20.3 Å². The molecule has 1 aromatic rings. The zero-order valence-corrected chi connectivity index (χ0v) is 36.3. The van der Waals surface area contributed by atoms with Gasteiger partial charge in [-0.15, -0.1) is 0 Å². The van der Waals surface area contributed by atoms with Gasteiger partial charge in [-0.25, -0.2) is 4.79 Å². The number of aliphatic hydroxyl groups excluding tert-OH is 3. The SMILES string of the molecule is COc1ccc(C(=O)O[C@H]2[C@H](O[C@H]3CO[C@@H](O[C@H]4CC[C@@]5(C)C(=CC[C@H]6[C@@H]7CC[C@H]([C@H](C)CCCC(C)C)[C@@]7(C)CC[C@@H]65)C4)[C@H](OC(C)=O)[C@H]3O)OC[C@@H](O)[C@@H]2O)cc1. The van der Waals surface area contributed by atoms with Gasteiger partial charge in [0.25, 0.3) is 0 Å². The van der Waals surface area contributed by atoms with Gasteiger partial charge in [0.2, 0.25) is 0 Å². The summed E-state index contributed by atoms with van der Waals surface area (Å²) >= 11 is 0. The lowest BCUT2D eigenvalue weighted by atomic mass is 9.47. The Morgan fingerprint density at radius 3 is 2.27 bits per heavy atom. The minimum absolute atomic E-state index is 0.123. The van der Waals surface area contributed by atoms with E-state index < -0.39 is 61.1 Å². The Kier molecular flexibility index (Phi) is 13.9. The summed E-state index contributed by atoms with van der Waals surface area (Å²) in [4.78, 5) is 25.4. The molecular formula is C47H70O12. The van der Waals surface area contributed by atoms with Crippen LogP contribution in [-0.4, -0.2) is 103 Å². The Balaban J connectivity index is 0.981. The zero-order valence-electron chi connectivity index (χ0n) is 36.3. The topological polar surface area (TPSA) is 159 Å². The summed E-state index contributed by atoms with van der Waals surface area (Å²) in [5, 5.41) is 32.9. The lowest BCUT2D eigenvalue weighted by Gasteiger charge is -2.58. The number of benzene rings is 1. The molecule has 330 valence electrons. The third-order valence-corrected chi connectivity index (χ3v) is 15.6. The Bertz CT molecular complexity index is 1630. The Morgan fingerprint density at radius 2 is 1.56 bits per heavy atom. The van der Waals surface area contributed by atoms with Gasteiger partial charge in [-0.3, -0.25) is 4.79 Å². The van der Waals surface area contributed by atoms with Crippen LogP contribution in [0.2, 0.25) is 0 Å². The third kappa shape index (κ3) is 9.16. The number of methoxy groups -OCH3 is 1. The van der Waals surface area contributed by atoms with Gasteiger partial charge in [-0.2, -0.15) is 0 Å². The van der Waals surface area contributed by atoms with Crippen LogP contribution in [0.1, 0.15) is 123 Å². The van der Waals surface area contributed by atoms with Crippen molar-refractivity contribution in [3.05, 3.63) is 41.5 Å². The molecule has 12 nitrogen and oxygen atoms in total. The first-order valence-electron chi connectivity index (χ1n) is 22.4. The largest absolute Gasteiger partial charge is 0.497 e. The molecule has 4 aliphatic carbocycles. The molecule has 0 bridgehead atoms. The molecule has 2 saturated heterocycles. The Labute approximate surface area is 350 Å². The molecule has 0 unspecified atom stereocenters. The van der Waals surface area contributed by atoms with Crippen molar-refractivity contribution in [3.8, 4) is 5.75 Å². The van der Waals surface area contributed by atoms with Gasteiger partial charge >= 0.3 is 11.9 Å². The summed E-state index contributed by atoms with van der Waals surface area (Å²) in [6.07, 6.45) is 4.91. The maximum Gasteiger partial charge on any atom is 0.338 e. The van der Waals surface area contributed by atoms with Crippen molar-refractivity contribution in [2.24, 2.45) is 46.3 Å². The third-order valence-electron chi connectivity index (χ3n) is 15.6. The highest BCUT2D eigenvalue weighted by molar-refractivity contribution is 5.89. The van der Waals surface area contributed by atoms with Crippen molar-refractivity contribution in [1.29, 1.82) is 0 Å². The summed E-state index contributed by atoms with van der Waals surface area (Å²) in [6.45, 7) is 13.1. The summed E-state index contributed by atoms with van der Waals surface area (Å²) in [5.41, 5.74) is 2.20. The molecule has 6 aliphatic rings. The van der Waals surface area contributed by atoms with Crippen molar-refractivity contribution < 1.29 is 58.1 Å². The number of ether oxygens (including phenoxy) is 7. The van der Waals surface area contributed by atoms with E-state index in [9.17, 15) is 24.9 Å². The molecule has 12 heteroatoms. The fraction of sp³-hybridized carbons (Fsp3) is 0.787. The highest BCUT2D eigenvalue weighted by atomic mass is 16.7. The average molecular weight is 827 g/mol. The summed E-state index contributed by atoms with van der Waals surface area (Å²) in [5.74, 6) is 3.68. The van der Waals surface area contributed by atoms with Gasteiger partial charge in [0.15, 0.2) is 24.8 Å². The predicted molar refractivity (Wildman–Crippen MR) is 218 cm³/mol. The molecule has 0 spiro atoms. The van der Waals surface area contributed by atoms with Crippen LogP contribution in [0.5, 0.6) is 5.75 Å². The van der Waals surface area contributed by atoms with Crippen molar-refractivity contribution in [1.82, 2.24) is 0 Å². The minimum Gasteiger partial charge on any atom is -0.497 e. The smallest absolute Gasteiger partial charge is 0.338 e. The average Bonchev–Trinajstić information content (AvgIpc) is 3.57. The highest BCUT2D eigenvalue weighted by Gasteiger charge is 2.59. The second kappa shape index (κ2) is 18.4. The summed E-state index contributed by atoms with van der Waals surface area (Å²) in [7, 11) is 1.51. The van der Waals surface area contributed by atoms with Gasteiger partial charge in [0, 0.05) is 6.92 Å². The van der Waals surface area contributed by atoms with Gasteiger partial charge in [-0.05, 0) is 122 Å². The number of aliphatic hydroxyl groups is 3. The van der Waals surface area contributed by atoms with Crippen LogP contribution < -0.4 is 4.74 Å². The molecule has 0 amide bonds. The van der Waals surface area contributed by atoms with Crippen molar-refractivity contribution in [2.45, 2.75) is 167 Å². The molecule has 2 heterocycles. The summed E-state index contributed by atoms with van der Waals surface area (Å²) in [6, 6.07) is 6.20. The first kappa shape index (κ1) is 44.5. The van der Waals surface area contributed by atoms with E-state index in [2.05, 4.69) is 40.7 Å². The number of fused-ring (bicyclic) bond motifs is 5. The molecular weight excluding hydrogens is 757 g/mol. The van der Waals surface area contributed by atoms with E-state index in [4.69, 9.17) is 33.2 Å². The maximum absolute atomic E-state index is 13.1. The normalized spacial score (nSPS) is 41.2. The van der Waals surface area contributed by atoms with Crippen LogP contribution in [0.15, 0.2) is 35.9 Å². The number of hydrogen-bond donors (Lipinski definition) is 3. The number of carbonyl (C=O) groups is 2. The molecule has 59 heavy (non-hydrogen) atoms. The van der Waals surface area contributed by atoms with Crippen LogP contribution in [-0.2, 0) is 33.2 Å². The molecule has 3 N–H and O–H groups in total. The minimum atomic E-state index is -1.54. The van der Waals surface area contributed by atoms with Gasteiger partial charge < -0.3 is 48.5 Å². The van der Waals surface area contributed by atoms with Crippen LogP contribution in [0.25, 0.3) is 0 Å². The highest BCUT2D eigenvalue weighted by Crippen LogP contribution is 2.67. The first-order chi connectivity index (χ1) is 28.1. The number of hydrogen-bond acceptors (Lipinski definition) is 12. The molecule has 2 aliphatic heterocycles. The molecule has 7 rings (SSSR count). The zero-order chi connectivity index (χ0) is 42.2. The monoisotopic (exact) mass is 826 g/mol. The quantitative estimate of drug-likeness (QED) is 0.142.